The molecule has 5 rings (SSSR count). The van der Waals surface area contributed by atoms with E-state index in [2.05, 4.69) is 0 Å². The van der Waals surface area contributed by atoms with Crippen LogP contribution in [-0.2, 0) is 4.79 Å². The van der Waals surface area contributed by atoms with E-state index in [1.54, 1.807) is 0 Å². The molecule has 112 valence electrons. The first-order valence-corrected chi connectivity index (χ1v) is 8.47. The molecule has 0 radical (unpaired) electrons. The first-order valence-electron chi connectivity index (χ1n) is 8.47. The first-order chi connectivity index (χ1) is 9.46. The molecule has 1 N–H and O–H groups in total. The molecule has 1 saturated heterocycles. The zero-order valence-corrected chi connectivity index (χ0v) is 12.7. The maximum Gasteiger partial charge on any atom is 0.226 e. The van der Waals surface area contributed by atoms with E-state index in [-0.39, 0.29) is 5.92 Å². The molecular weight excluding hydrogens is 250 g/mol. The van der Waals surface area contributed by atoms with Gasteiger partial charge in [-0.25, -0.2) is 0 Å². The topological polar surface area (TPSA) is 40.5 Å². The molecule has 1 heterocycles. The van der Waals surface area contributed by atoms with Gasteiger partial charge in [-0.3, -0.25) is 4.79 Å². The van der Waals surface area contributed by atoms with Crippen molar-refractivity contribution < 1.29 is 9.90 Å². The van der Waals surface area contributed by atoms with Crippen LogP contribution in [0.2, 0.25) is 0 Å². The van der Waals surface area contributed by atoms with E-state index in [1.165, 1.54) is 32.1 Å². The molecule has 4 saturated carbocycles. The minimum absolute atomic E-state index is 0.241. The van der Waals surface area contributed by atoms with Gasteiger partial charge in [-0.2, -0.15) is 0 Å². The second-order valence-electron chi connectivity index (χ2n) is 8.41. The van der Waals surface area contributed by atoms with Crippen LogP contribution in [0.15, 0.2) is 0 Å². The summed E-state index contributed by atoms with van der Waals surface area (Å²) in [6.45, 7) is 5.22. The molecule has 0 aromatic carbocycles. The van der Waals surface area contributed by atoms with Gasteiger partial charge in [-0.1, -0.05) is 13.8 Å². The van der Waals surface area contributed by atoms with Gasteiger partial charge in [-0.05, 0) is 61.7 Å². The second kappa shape index (κ2) is 4.22. The molecule has 5 aliphatic rings. The largest absolute Gasteiger partial charge is 0.386 e. The number of amides is 1. The number of hydrogen-bond donors (Lipinski definition) is 1. The average Bonchev–Trinajstić information content (AvgIpc) is 2.33. The molecule has 20 heavy (non-hydrogen) atoms. The van der Waals surface area contributed by atoms with Crippen LogP contribution in [0.1, 0.15) is 46.0 Å². The van der Waals surface area contributed by atoms with Gasteiger partial charge in [0.05, 0.1) is 13.1 Å². The standard InChI is InChI=1S/C17H27NO2/c1-10(2)17(20)8-18(9-17)16(19)15-13-4-11-3-12(6-13)7-14(15)5-11/h10-15,20H,3-9H2,1-2H3. The molecule has 0 aromatic rings. The van der Waals surface area contributed by atoms with E-state index in [1.807, 2.05) is 18.7 Å². The first kappa shape index (κ1) is 13.1. The Labute approximate surface area is 121 Å². The van der Waals surface area contributed by atoms with E-state index in [9.17, 15) is 9.90 Å². The van der Waals surface area contributed by atoms with Crippen LogP contribution in [0.5, 0.6) is 0 Å². The maximum absolute atomic E-state index is 12.8. The summed E-state index contributed by atoms with van der Waals surface area (Å²) in [7, 11) is 0. The number of nitrogens with zero attached hydrogens (tertiary/aromatic N) is 1. The number of rotatable bonds is 2. The van der Waals surface area contributed by atoms with Gasteiger partial charge in [0.2, 0.25) is 5.91 Å². The van der Waals surface area contributed by atoms with Crippen molar-refractivity contribution in [3.05, 3.63) is 0 Å². The number of β-amino-alcohol motifs (C(OH)–C–C–N with tert-alkyl or cyclic N) is 1. The number of carbonyl (C=O) groups is 1. The summed E-state index contributed by atoms with van der Waals surface area (Å²) in [5.41, 5.74) is -0.623. The van der Waals surface area contributed by atoms with Gasteiger partial charge in [0.1, 0.15) is 5.60 Å². The molecule has 3 heteroatoms. The third-order valence-corrected chi connectivity index (χ3v) is 6.83. The fourth-order valence-corrected chi connectivity index (χ4v) is 5.67. The van der Waals surface area contributed by atoms with E-state index in [0.29, 0.717) is 36.8 Å². The van der Waals surface area contributed by atoms with Crippen molar-refractivity contribution in [2.75, 3.05) is 13.1 Å². The summed E-state index contributed by atoms with van der Waals surface area (Å²) < 4.78 is 0. The Hall–Kier alpha value is -0.570. The number of likely N-dealkylation sites (tertiary alicyclic amines) is 1. The van der Waals surface area contributed by atoms with E-state index in [4.69, 9.17) is 0 Å². The molecule has 0 atom stereocenters. The van der Waals surface area contributed by atoms with Crippen LogP contribution in [0, 0.1) is 35.5 Å². The highest BCUT2D eigenvalue weighted by atomic mass is 16.3. The molecule has 0 aromatic heterocycles. The van der Waals surface area contributed by atoms with Crippen LogP contribution < -0.4 is 0 Å². The highest BCUT2D eigenvalue weighted by molar-refractivity contribution is 5.81. The van der Waals surface area contributed by atoms with Crippen molar-refractivity contribution in [3.8, 4) is 0 Å². The maximum atomic E-state index is 12.8. The molecule has 0 spiro atoms. The van der Waals surface area contributed by atoms with Crippen molar-refractivity contribution in [2.24, 2.45) is 35.5 Å². The number of hydrogen-bond acceptors (Lipinski definition) is 2. The summed E-state index contributed by atoms with van der Waals surface area (Å²) >= 11 is 0. The monoisotopic (exact) mass is 277 g/mol. The molecular formula is C17H27NO2. The quantitative estimate of drug-likeness (QED) is 0.841. The van der Waals surface area contributed by atoms with Crippen LogP contribution in [0.4, 0.5) is 0 Å². The highest BCUT2D eigenvalue weighted by Gasteiger charge is 2.54. The number of aliphatic hydroxyl groups is 1. The lowest BCUT2D eigenvalue weighted by Gasteiger charge is -2.57. The van der Waals surface area contributed by atoms with Crippen molar-refractivity contribution in [1.82, 2.24) is 4.90 Å². The van der Waals surface area contributed by atoms with Gasteiger partial charge in [0.15, 0.2) is 0 Å². The Kier molecular flexibility index (Phi) is 2.77. The van der Waals surface area contributed by atoms with Gasteiger partial charge in [-0.15, -0.1) is 0 Å². The third kappa shape index (κ3) is 1.78. The lowest BCUT2D eigenvalue weighted by Crippen LogP contribution is -2.68. The minimum Gasteiger partial charge on any atom is -0.386 e. The van der Waals surface area contributed by atoms with Crippen molar-refractivity contribution in [1.29, 1.82) is 0 Å². The lowest BCUT2D eigenvalue weighted by atomic mass is 9.51. The SMILES string of the molecule is CC(C)C1(O)CN(C(=O)C2C3CC4CC(C3)CC2C4)C1. The van der Waals surface area contributed by atoms with Crippen molar-refractivity contribution >= 4 is 5.91 Å². The van der Waals surface area contributed by atoms with E-state index in [0.717, 1.165) is 11.8 Å². The summed E-state index contributed by atoms with van der Waals surface area (Å²) in [4.78, 5) is 14.8. The van der Waals surface area contributed by atoms with Gasteiger partial charge < -0.3 is 10.0 Å². The lowest BCUT2D eigenvalue weighted by molar-refractivity contribution is -0.178. The Morgan fingerprint density at radius 3 is 2.00 bits per heavy atom. The van der Waals surface area contributed by atoms with Crippen molar-refractivity contribution in [2.45, 2.75) is 51.6 Å². The average molecular weight is 277 g/mol. The molecule has 1 aliphatic heterocycles. The summed E-state index contributed by atoms with van der Waals surface area (Å²) in [6.07, 6.45) is 6.62. The summed E-state index contributed by atoms with van der Waals surface area (Å²) in [5.74, 6) is 4.06. The van der Waals surface area contributed by atoms with Crippen molar-refractivity contribution in [3.63, 3.8) is 0 Å². The summed E-state index contributed by atoms with van der Waals surface area (Å²) in [5, 5.41) is 10.4. The zero-order chi connectivity index (χ0) is 14.1. The number of carbonyl (C=O) groups excluding carboxylic acids is 1. The fourth-order valence-electron chi connectivity index (χ4n) is 5.67. The highest BCUT2D eigenvalue weighted by Crippen LogP contribution is 2.57. The predicted molar refractivity (Wildman–Crippen MR) is 76.9 cm³/mol. The van der Waals surface area contributed by atoms with Gasteiger partial charge in [0.25, 0.3) is 0 Å². The predicted octanol–water partition coefficient (Wildman–Crippen LogP) is 2.29. The summed E-state index contributed by atoms with van der Waals surface area (Å²) in [6, 6.07) is 0. The van der Waals surface area contributed by atoms with E-state index >= 15 is 0 Å². The van der Waals surface area contributed by atoms with Gasteiger partial charge >= 0.3 is 0 Å². The molecule has 4 bridgehead atoms. The third-order valence-electron chi connectivity index (χ3n) is 6.83. The molecule has 0 unspecified atom stereocenters. The molecule has 4 aliphatic carbocycles. The Bertz CT molecular complexity index is 397. The van der Waals surface area contributed by atoms with Crippen LogP contribution >= 0.6 is 0 Å². The van der Waals surface area contributed by atoms with E-state index < -0.39 is 5.60 Å². The second-order valence-corrected chi connectivity index (χ2v) is 8.41. The van der Waals surface area contributed by atoms with Crippen LogP contribution in [0.25, 0.3) is 0 Å². The normalized spacial score (nSPS) is 44.8. The molecule has 3 nitrogen and oxygen atoms in total. The zero-order valence-electron chi connectivity index (χ0n) is 12.7. The fraction of sp³-hybridized carbons (Fsp3) is 0.941. The van der Waals surface area contributed by atoms with Gasteiger partial charge in [0, 0.05) is 5.92 Å². The van der Waals surface area contributed by atoms with Crippen LogP contribution in [-0.4, -0.2) is 34.6 Å². The van der Waals surface area contributed by atoms with Crippen LogP contribution in [0.3, 0.4) is 0 Å². The molecule has 1 amide bonds. The Morgan fingerprint density at radius 2 is 1.55 bits per heavy atom. The minimum atomic E-state index is -0.623. The Morgan fingerprint density at radius 1 is 1.05 bits per heavy atom. The Balaban J connectivity index is 1.45. The smallest absolute Gasteiger partial charge is 0.226 e. The molecule has 5 fully saturated rings.